The zero-order valence-electron chi connectivity index (χ0n) is 13.3. The van der Waals surface area contributed by atoms with Crippen molar-refractivity contribution in [3.8, 4) is 11.5 Å². The molecule has 22 heavy (non-hydrogen) atoms. The van der Waals surface area contributed by atoms with E-state index in [1.165, 1.54) is 0 Å². The number of aryl methyl sites for hydroxylation is 2. The first-order valence-corrected chi connectivity index (χ1v) is 6.28. The third kappa shape index (κ3) is 6.33. The normalized spacial score (nSPS) is 8.55. The highest BCUT2D eigenvalue weighted by Gasteiger charge is 1.98. The lowest BCUT2D eigenvalue weighted by Gasteiger charge is -2.04. The number of hydrogen-bond donors (Lipinski definition) is 2. The highest BCUT2D eigenvalue weighted by Crippen LogP contribution is 2.24. The number of hydrogen-bond acceptors (Lipinski definition) is 4. The first-order chi connectivity index (χ1) is 9.49. The number of rotatable bonds is 2. The maximum absolute atomic E-state index is 5.70. The van der Waals surface area contributed by atoms with Gasteiger partial charge in [0.15, 0.2) is 11.5 Å². The standard InChI is InChI=1S/C8H12N2.C8H10O2.2ClH/c1-5-3-7(9)4-6(2)8(5)10;1-9-7-5-3-4-6-8(7)10-2;;/h3-4H,9-10H2,1-2H3;3-6H,1-2H3;2*1H. The molecule has 0 spiro atoms. The molecule has 124 valence electrons. The monoisotopic (exact) mass is 346 g/mol. The van der Waals surface area contributed by atoms with Gasteiger partial charge in [-0.2, -0.15) is 0 Å². The Kier molecular flexibility index (Phi) is 11.1. The Labute approximate surface area is 144 Å². The van der Waals surface area contributed by atoms with E-state index >= 15 is 0 Å². The lowest BCUT2D eigenvalue weighted by atomic mass is 10.1. The summed E-state index contributed by atoms with van der Waals surface area (Å²) in [7, 11) is 3.25. The van der Waals surface area contributed by atoms with E-state index in [0.29, 0.717) is 0 Å². The Hall–Kier alpha value is -1.78. The van der Waals surface area contributed by atoms with Gasteiger partial charge in [0.2, 0.25) is 0 Å². The summed E-state index contributed by atoms with van der Waals surface area (Å²) in [6.07, 6.45) is 0. The Morgan fingerprint density at radius 1 is 0.773 bits per heavy atom. The summed E-state index contributed by atoms with van der Waals surface area (Å²) >= 11 is 0. The predicted octanol–water partition coefficient (Wildman–Crippen LogP) is 4.02. The molecule has 0 amide bonds. The van der Waals surface area contributed by atoms with Crippen molar-refractivity contribution in [1.29, 1.82) is 0 Å². The van der Waals surface area contributed by atoms with Gasteiger partial charge < -0.3 is 20.9 Å². The van der Waals surface area contributed by atoms with Crippen LogP contribution in [0, 0.1) is 13.8 Å². The number of halogens is 2. The molecule has 0 saturated carbocycles. The van der Waals surface area contributed by atoms with E-state index in [1.54, 1.807) is 14.2 Å². The molecule has 0 bridgehead atoms. The van der Waals surface area contributed by atoms with Crippen molar-refractivity contribution in [2.24, 2.45) is 0 Å². The molecule has 4 N–H and O–H groups in total. The fourth-order valence-corrected chi connectivity index (χ4v) is 1.80. The molecule has 0 radical (unpaired) electrons. The van der Waals surface area contributed by atoms with Crippen LogP contribution in [0.3, 0.4) is 0 Å². The lowest BCUT2D eigenvalue weighted by molar-refractivity contribution is 0.355. The van der Waals surface area contributed by atoms with Gasteiger partial charge >= 0.3 is 0 Å². The van der Waals surface area contributed by atoms with Gasteiger partial charge in [0.1, 0.15) is 0 Å². The van der Waals surface area contributed by atoms with Gasteiger partial charge in [0.25, 0.3) is 0 Å². The first-order valence-electron chi connectivity index (χ1n) is 6.28. The van der Waals surface area contributed by atoms with Gasteiger partial charge in [0, 0.05) is 11.4 Å². The average molecular weight is 347 g/mol. The summed E-state index contributed by atoms with van der Waals surface area (Å²) in [5, 5.41) is 0. The van der Waals surface area contributed by atoms with Crippen LogP contribution in [-0.2, 0) is 0 Å². The smallest absolute Gasteiger partial charge is 0.160 e. The minimum Gasteiger partial charge on any atom is -0.493 e. The second-order valence-electron chi connectivity index (χ2n) is 4.42. The van der Waals surface area contributed by atoms with Crippen molar-refractivity contribution < 1.29 is 9.47 Å². The molecule has 6 heteroatoms. The number of nitrogens with two attached hydrogens (primary N) is 2. The predicted molar refractivity (Wildman–Crippen MR) is 98.8 cm³/mol. The van der Waals surface area contributed by atoms with E-state index in [0.717, 1.165) is 34.0 Å². The molecule has 0 unspecified atom stereocenters. The highest BCUT2D eigenvalue weighted by molar-refractivity contribution is 5.85. The van der Waals surface area contributed by atoms with Gasteiger partial charge in [-0.1, -0.05) is 12.1 Å². The van der Waals surface area contributed by atoms with Crippen LogP contribution in [0.25, 0.3) is 0 Å². The first kappa shape index (κ1) is 22.5. The van der Waals surface area contributed by atoms with Crippen molar-refractivity contribution in [3.05, 3.63) is 47.5 Å². The number of anilines is 2. The third-order valence-corrected chi connectivity index (χ3v) is 2.91. The maximum Gasteiger partial charge on any atom is 0.160 e. The lowest BCUT2D eigenvalue weighted by Crippen LogP contribution is -1.95. The van der Waals surface area contributed by atoms with Crippen LogP contribution in [0.5, 0.6) is 11.5 Å². The van der Waals surface area contributed by atoms with Gasteiger partial charge in [-0.25, -0.2) is 0 Å². The summed E-state index contributed by atoms with van der Waals surface area (Å²) < 4.78 is 10.0. The SMILES string of the molecule is COc1ccccc1OC.Cc1cc(N)cc(C)c1N.Cl.Cl. The molecule has 0 aliphatic rings. The summed E-state index contributed by atoms with van der Waals surface area (Å²) in [6.45, 7) is 3.91. The van der Waals surface area contributed by atoms with E-state index in [9.17, 15) is 0 Å². The molecule has 4 nitrogen and oxygen atoms in total. The fourth-order valence-electron chi connectivity index (χ4n) is 1.80. The van der Waals surface area contributed by atoms with Crippen LogP contribution in [0.15, 0.2) is 36.4 Å². The minimum absolute atomic E-state index is 0. The minimum atomic E-state index is 0. The topological polar surface area (TPSA) is 70.5 Å². The Morgan fingerprint density at radius 2 is 1.14 bits per heavy atom. The summed E-state index contributed by atoms with van der Waals surface area (Å²) in [5.41, 5.74) is 15.0. The average Bonchev–Trinajstić information content (AvgIpc) is 2.45. The third-order valence-electron chi connectivity index (χ3n) is 2.91. The summed E-state index contributed by atoms with van der Waals surface area (Å²) in [5.74, 6) is 1.54. The quantitative estimate of drug-likeness (QED) is 0.805. The Bertz CT molecular complexity index is 532. The highest BCUT2D eigenvalue weighted by atomic mass is 35.5. The van der Waals surface area contributed by atoms with E-state index in [2.05, 4.69) is 0 Å². The molecule has 0 saturated heterocycles. The number of methoxy groups -OCH3 is 2. The summed E-state index contributed by atoms with van der Waals surface area (Å²) in [4.78, 5) is 0. The summed E-state index contributed by atoms with van der Waals surface area (Å²) in [6, 6.07) is 11.3. The van der Waals surface area contributed by atoms with Crippen molar-refractivity contribution in [2.75, 3.05) is 25.7 Å². The maximum atomic E-state index is 5.70. The number of benzene rings is 2. The number of para-hydroxylation sites is 2. The molecule has 2 rings (SSSR count). The molecule has 0 aliphatic carbocycles. The largest absolute Gasteiger partial charge is 0.493 e. The van der Waals surface area contributed by atoms with Gasteiger partial charge in [-0.05, 0) is 49.2 Å². The molecule has 2 aromatic rings. The Balaban J connectivity index is 0. The van der Waals surface area contributed by atoms with Crippen LogP contribution >= 0.6 is 24.8 Å². The molecule has 0 atom stereocenters. The Morgan fingerprint density at radius 3 is 1.45 bits per heavy atom. The van der Waals surface area contributed by atoms with Gasteiger partial charge in [-0.3, -0.25) is 0 Å². The number of nitrogen functional groups attached to an aromatic ring is 2. The zero-order chi connectivity index (χ0) is 15.1. The molecule has 0 heterocycles. The van der Waals surface area contributed by atoms with Gasteiger partial charge in [0.05, 0.1) is 14.2 Å². The van der Waals surface area contributed by atoms with Crippen LogP contribution in [0.4, 0.5) is 11.4 Å². The number of ether oxygens (including phenoxy) is 2. The second-order valence-corrected chi connectivity index (χ2v) is 4.42. The van der Waals surface area contributed by atoms with Gasteiger partial charge in [-0.15, -0.1) is 24.8 Å². The van der Waals surface area contributed by atoms with Crippen molar-refractivity contribution in [3.63, 3.8) is 0 Å². The van der Waals surface area contributed by atoms with E-state index in [1.807, 2.05) is 50.2 Å². The molecule has 0 aliphatic heterocycles. The van der Waals surface area contributed by atoms with Crippen LogP contribution in [-0.4, -0.2) is 14.2 Å². The zero-order valence-corrected chi connectivity index (χ0v) is 14.9. The molecule has 0 fully saturated rings. The van der Waals surface area contributed by atoms with Crippen molar-refractivity contribution in [2.45, 2.75) is 13.8 Å². The van der Waals surface area contributed by atoms with Crippen molar-refractivity contribution in [1.82, 2.24) is 0 Å². The van der Waals surface area contributed by atoms with E-state index in [-0.39, 0.29) is 24.8 Å². The molecular weight excluding hydrogens is 323 g/mol. The fraction of sp³-hybridized carbons (Fsp3) is 0.250. The van der Waals surface area contributed by atoms with E-state index in [4.69, 9.17) is 20.9 Å². The van der Waals surface area contributed by atoms with Crippen LogP contribution in [0.1, 0.15) is 11.1 Å². The molecular formula is C16H24Cl2N2O2. The van der Waals surface area contributed by atoms with Crippen molar-refractivity contribution >= 4 is 36.2 Å². The van der Waals surface area contributed by atoms with Crippen LogP contribution in [0.2, 0.25) is 0 Å². The van der Waals surface area contributed by atoms with E-state index < -0.39 is 0 Å². The second kappa shape index (κ2) is 10.9. The van der Waals surface area contributed by atoms with Crippen LogP contribution < -0.4 is 20.9 Å². The molecule has 0 aromatic heterocycles. The molecule has 2 aromatic carbocycles.